The van der Waals surface area contributed by atoms with E-state index < -0.39 is 0 Å². The van der Waals surface area contributed by atoms with Crippen LogP contribution in [-0.4, -0.2) is 9.13 Å². The maximum atomic E-state index is 12.5. The van der Waals surface area contributed by atoms with Crippen LogP contribution >= 0.6 is 11.3 Å². The minimum absolute atomic E-state index is 0.342. The summed E-state index contributed by atoms with van der Waals surface area (Å²) in [5.41, 5.74) is 15.3. The maximum Gasteiger partial charge on any atom is 0.220 e. The molecule has 81 heavy (non-hydrogen) atoms. The van der Waals surface area contributed by atoms with Crippen LogP contribution in [0.5, 0.6) is 0 Å². The number of nitriles is 1. The van der Waals surface area contributed by atoms with Gasteiger partial charge in [-0.2, -0.15) is 5.26 Å². The number of fused-ring (bicyclic) bond motifs is 18. The molecular weight excluding hydrogens is 1010 g/mol. The quantitative estimate of drug-likeness (QED) is 0.156. The van der Waals surface area contributed by atoms with Gasteiger partial charge in [0.1, 0.15) is 17.2 Å². The second-order valence-electron chi connectivity index (χ2n) is 20.7. The zero-order valence-corrected chi connectivity index (χ0v) is 43.9. The largest absolute Gasteiger partial charge is 0.454 e. The minimum Gasteiger partial charge on any atom is -0.454 e. The molecule has 6 nitrogen and oxygen atoms in total. The molecule has 0 aliphatic heterocycles. The minimum atomic E-state index is 0.342. The molecule has 0 unspecified atom stereocenters. The van der Waals surface area contributed by atoms with Gasteiger partial charge < -0.3 is 18.0 Å². The van der Waals surface area contributed by atoms with Gasteiger partial charge in [-0.25, -0.2) is 4.85 Å². The Bertz CT molecular complexity index is 5480. The lowest BCUT2D eigenvalue weighted by Crippen LogP contribution is -2.09. The number of aromatic nitrogens is 2. The van der Waals surface area contributed by atoms with E-state index in [2.05, 4.69) is 197 Å². The van der Waals surface area contributed by atoms with Crippen molar-refractivity contribution < 1.29 is 8.83 Å². The van der Waals surface area contributed by atoms with E-state index >= 15 is 0 Å². The lowest BCUT2D eigenvalue weighted by Gasteiger charge is -2.26. The first-order valence-electron chi connectivity index (χ1n) is 27.0. The molecule has 0 amide bonds. The topological polar surface area (TPSA) is 64.3 Å². The molecule has 12 aromatic carbocycles. The Morgan fingerprint density at radius 3 is 1.44 bits per heavy atom. The third-order valence-corrected chi connectivity index (χ3v) is 17.8. The molecule has 0 aliphatic carbocycles. The fourth-order valence-electron chi connectivity index (χ4n) is 13.3. The van der Waals surface area contributed by atoms with Gasteiger partial charge in [0.2, 0.25) is 5.69 Å². The van der Waals surface area contributed by atoms with Crippen LogP contribution in [-0.2, 0) is 0 Å². The Morgan fingerprint density at radius 1 is 0.370 bits per heavy atom. The maximum absolute atomic E-state index is 12.5. The second kappa shape index (κ2) is 17.3. The van der Waals surface area contributed by atoms with Crippen molar-refractivity contribution in [3.05, 3.63) is 260 Å². The number of para-hydroxylation sites is 3. The third kappa shape index (κ3) is 6.29. The number of benzene rings is 12. The summed E-state index contributed by atoms with van der Waals surface area (Å²) in [5, 5.41) is 22.6. The SMILES string of the molecule is [C-]#[N+]c1c(-c2ccccc2)c(C#N)c(-n2c3c(-c4ccccc4-c4ccccc4)cccc3c3ccc4c5ccccc5oc4c32)c(-c2ccccc2)c1-n1c2c(ccc3c4ccccc4oc32)c2ccc3c4ccccc4sc3c21. The van der Waals surface area contributed by atoms with E-state index in [1.807, 2.05) is 60.7 Å². The van der Waals surface area contributed by atoms with Crippen molar-refractivity contribution in [3.63, 3.8) is 0 Å². The van der Waals surface area contributed by atoms with Gasteiger partial charge >= 0.3 is 0 Å². The van der Waals surface area contributed by atoms with Gasteiger partial charge in [-0.05, 0) is 58.1 Å². The molecule has 0 saturated heterocycles. The summed E-state index contributed by atoms with van der Waals surface area (Å²) in [6.45, 7) is 9.71. The smallest absolute Gasteiger partial charge is 0.220 e. The zero-order valence-electron chi connectivity index (χ0n) is 43.1. The fourth-order valence-corrected chi connectivity index (χ4v) is 14.5. The number of hydrogen-bond acceptors (Lipinski definition) is 4. The van der Waals surface area contributed by atoms with Gasteiger partial charge in [0.15, 0.2) is 11.2 Å². The van der Waals surface area contributed by atoms with Gasteiger partial charge in [0, 0.05) is 75.3 Å². The molecule has 17 rings (SSSR count). The van der Waals surface area contributed by atoms with Crippen LogP contribution in [0.15, 0.2) is 251 Å². The highest BCUT2D eigenvalue weighted by molar-refractivity contribution is 7.26. The standard InChI is InChI=1S/C74H40N4O2S/c1-76-65-63(44-22-7-3-8-23-44)59(42-75)67(77-66-51(47-27-12-11-26-46(47)43-20-5-2-6-21-43)31-19-32-52(66)53-36-39-56-48-28-13-16-33-60(48)79-72(56)68(53)77)64(45-24-9-4-10-25-45)71(65)78-69-54(37-40-57-49-29-14-17-34-61(49)80-73(57)69)55-38-41-58-50-30-15-18-35-62(50)81-74(58)70(55)78/h2-41H. The summed E-state index contributed by atoms with van der Waals surface area (Å²) in [4.78, 5) is 4.72. The summed E-state index contributed by atoms with van der Waals surface area (Å²) in [7, 11) is 0. The van der Waals surface area contributed by atoms with Crippen LogP contribution in [0.4, 0.5) is 5.69 Å². The Labute approximate surface area is 466 Å². The number of hydrogen-bond donors (Lipinski definition) is 0. The molecule has 0 saturated carbocycles. The summed E-state index contributed by atoms with van der Waals surface area (Å²) < 4.78 is 21.2. The molecule has 0 bridgehead atoms. The Kier molecular flexibility index (Phi) is 9.62. The van der Waals surface area contributed by atoms with E-state index in [0.29, 0.717) is 44.9 Å². The molecule has 0 aliphatic rings. The van der Waals surface area contributed by atoms with Gasteiger partial charge in [0.05, 0.1) is 50.3 Å². The van der Waals surface area contributed by atoms with Crippen molar-refractivity contribution in [2.45, 2.75) is 0 Å². The summed E-state index contributed by atoms with van der Waals surface area (Å²) in [5.74, 6) is 0. The van der Waals surface area contributed by atoms with Crippen LogP contribution in [0.25, 0.3) is 168 Å². The average molecular weight is 1050 g/mol. The Balaban J connectivity index is 1.18. The van der Waals surface area contributed by atoms with Crippen molar-refractivity contribution in [1.29, 1.82) is 5.26 Å². The van der Waals surface area contributed by atoms with E-state index in [-0.39, 0.29) is 0 Å². The zero-order chi connectivity index (χ0) is 53.4. The first-order valence-corrected chi connectivity index (χ1v) is 27.8. The van der Waals surface area contributed by atoms with E-state index in [4.69, 9.17) is 13.7 Å². The van der Waals surface area contributed by atoms with Crippen LogP contribution in [0.2, 0.25) is 0 Å². The highest BCUT2D eigenvalue weighted by Crippen LogP contribution is 2.56. The molecule has 0 atom stereocenters. The molecule has 0 radical (unpaired) electrons. The summed E-state index contributed by atoms with van der Waals surface area (Å²) in [6, 6.07) is 87.2. The van der Waals surface area contributed by atoms with Gasteiger partial charge in [-0.3, -0.25) is 0 Å². The summed E-state index contributed by atoms with van der Waals surface area (Å²) >= 11 is 1.76. The third-order valence-electron chi connectivity index (χ3n) is 16.6. The van der Waals surface area contributed by atoms with Crippen molar-refractivity contribution in [3.8, 4) is 62.0 Å². The average Bonchev–Trinajstić information content (AvgIpc) is 4.46. The second-order valence-corrected chi connectivity index (χ2v) is 21.8. The number of nitrogens with zero attached hydrogens (tertiary/aromatic N) is 4. The number of rotatable bonds is 6. The van der Waals surface area contributed by atoms with Crippen LogP contribution in [0.1, 0.15) is 5.56 Å². The Morgan fingerprint density at radius 2 is 0.827 bits per heavy atom. The van der Waals surface area contributed by atoms with Gasteiger partial charge in [-0.1, -0.05) is 212 Å². The molecule has 374 valence electrons. The Hall–Kier alpha value is -11.0. The lowest BCUT2D eigenvalue weighted by molar-refractivity contribution is 0.671. The van der Waals surface area contributed by atoms with E-state index in [1.165, 1.54) is 0 Å². The molecule has 17 aromatic rings. The predicted octanol–water partition coefficient (Wildman–Crippen LogP) is 21.1. The van der Waals surface area contributed by atoms with E-state index in [9.17, 15) is 11.8 Å². The van der Waals surface area contributed by atoms with Crippen molar-refractivity contribution in [1.82, 2.24) is 9.13 Å². The monoisotopic (exact) mass is 1050 g/mol. The summed E-state index contributed by atoms with van der Waals surface area (Å²) in [6.07, 6.45) is 0. The predicted molar refractivity (Wildman–Crippen MR) is 335 cm³/mol. The number of furan rings is 2. The van der Waals surface area contributed by atoms with Crippen LogP contribution in [0.3, 0.4) is 0 Å². The highest BCUT2D eigenvalue weighted by atomic mass is 32.1. The fraction of sp³-hybridized carbons (Fsp3) is 0. The lowest BCUT2D eigenvalue weighted by atomic mass is 9.88. The molecular formula is C74H40N4O2S. The van der Waals surface area contributed by atoms with Crippen LogP contribution in [0, 0.1) is 17.9 Å². The van der Waals surface area contributed by atoms with Crippen LogP contribution < -0.4 is 0 Å². The molecule has 0 N–H and O–H groups in total. The molecule has 5 aromatic heterocycles. The molecule has 0 fully saturated rings. The molecule has 5 heterocycles. The van der Waals surface area contributed by atoms with Gasteiger partial charge in [-0.15, -0.1) is 11.3 Å². The highest BCUT2D eigenvalue weighted by Gasteiger charge is 2.35. The van der Waals surface area contributed by atoms with Crippen molar-refractivity contribution in [2.24, 2.45) is 0 Å². The van der Waals surface area contributed by atoms with E-state index in [1.54, 1.807) is 11.3 Å². The van der Waals surface area contributed by atoms with Crippen molar-refractivity contribution in [2.75, 3.05) is 0 Å². The van der Waals surface area contributed by atoms with Gasteiger partial charge in [0.25, 0.3) is 0 Å². The number of thiophene rings is 1. The first-order chi connectivity index (χ1) is 40.2. The first kappa shape index (κ1) is 45.1. The molecule has 7 heteroatoms. The normalized spacial score (nSPS) is 11.9. The van der Waals surface area contributed by atoms with Crippen molar-refractivity contribution >= 4 is 125 Å². The molecule has 0 spiro atoms. The van der Waals surface area contributed by atoms with E-state index in [0.717, 1.165) is 130 Å².